The zero-order valence-corrected chi connectivity index (χ0v) is 18.7. The fourth-order valence-electron chi connectivity index (χ4n) is 5.38. The molecule has 3 amide bonds. The largest absolute Gasteiger partial charge is 0.396 e. The number of aliphatic hydroxyl groups excluding tert-OH is 1. The maximum Gasteiger partial charge on any atom is 0.247 e. The molecule has 0 bridgehead atoms. The standard InChI is InChI=1S/C22H31N3O4S/c1-14(2)24-12-7-9-22-17(16-15(30-22)8-6-10-23(3)19(16)27)20(28)25(11-4-5-13-26)18(22)21(24)29/h6-9,14-18,26H,4-5,10-13H2,1-3H3/t15-,16+,17-,18?,22-/m0/s1. The molecule has 7 nitrogen and oxygen atoms in total. The second-order valence-electron chi connectivity index (χ2n) is 8.94. The van der Waals surface area contributed by atoms with Crippen LogP contribution in [0.15, 0.2) is 24.3 Å². The van der Waals surface area contributed by atoms with E-state index in [0.29, 0.717) is 32.5 Å². The maximum atomic E-state index is 13.7. The lowest BCUT2D eigenvalue weighted by Crippen LogP contribution is -2.54. The lowest BCUT2D eigenvalue weighted by Gasteiger charge is -2.36. The molecule has 2 saturated heterocycles. The number of hydrogen-bond donors (Lipinski definition) is 1. The van der Waals surface area contributed by atoms with Gasteiger partial charge in [0.2, 0.25) is 17.7 Å². The van der Waals surface area contributed by atoms with E-state index >= 15 is 0 Å². The molecule has 0 aromatic heterocycles. The first-order valence-corrected chi connectivity index (χ1v) is 11.7. The Morgan fingerprint density at radius 2 is 1.90 bits per heavy atom. The van der Waals surface area contributed by atoms with E-state index in [9.17, 15) is 19.5 Å². The number of carbonyl (C=O) groups is 3. The van der Waals surface area contributed by atoms with E-state index in [1.54, 1.807) is 28.6 Å². The highest BCUT2D eigenvalue weighted by Crippen LogP contribution is 2.61. The van der Waals surface area contributed by atoms with Crippen LogP contribution in [0.5, 0.6) is 0 Å². The van der Waals surface area contributed by atoms with E-state index in [-0.39, 0.29) is 35.6 Å². The molecule has 8 heteroatoms. The van der Waals surface area contributed by atoms with Gasteiger partial charge in [-0.15, -0.1) is 11.8 Å². The summed E-state index contributed by atoms with van der Waals surface area (Å²) in [5.41, 5.74) is 0. The lowest BCUT2D eigenvalue weighted by molar-refractivity contribution is -0.144. The summed E-state index contributed by atoms with van der Waals surface area (Å²) < 4.78 is -0.732. The second kappa shape index (κ2) is 8.04. The number of aliphatic hydroxyl groups is 1. The van der Waals surface area contributed by atoms with Crippen LogP contribution in [0.4, 0.5) is 0 Å². The Morgan fingerprint density at radius 3 is 2.60 bits per heavy atom. The average molecular weight is 434 g/mol. The lowest BCUT2D eigenvalue weighted by atomic mass is 9.78. The molecular formula is C22H31N3O4S. The van der Waals surface area contributed by atoms with Gasteiger partial charge >= 0.3 is 0 Å². The van der Waals surface area contributed by atoms with Crippen LogP contribution in [-0.2, 0) is 14.4 Å². The highest BCUT2D eigenvalue weighted by molar-refractivity contribution is 8.02. The molecule has 0 saturated carbocycles. The molecule has 30 heavy (non-hydrogen) atoms. The summed E-state index contributed by atoms with van der Waals surface area (Å²) in [6, 6.07) is -0.589. The van der Waals surface area contributed by atoms with Crippen molar-refractivity contribution in [3.05, 3.63) is 24.3 Å². The summed E-state index contributed by atoms with van der Waals surface area (Å²) in [5, 5.41) is 9.10. The van der Waals surface area contributed by atoms with E-state index < -0.39 is 22.6 Å². The summed E-state index contributed by atoms with van der Waals surface area (Å²) in [6.45, 7) is 5.51. The zero-order valence-electron chi connectivity index (χ0n) is 17.9. The van der Waals surface area contributed by atoms with Crippen molar-refractivity contribution in [2.45, 2.75) is 48.8 Å². The fraction of sp³-hybridized carbons (Fsp3) is 0.682. The predicted molar refractivity (Wildman–Crippen MR) is 116 cm³/mol. The SMILES string of the molecule is CC(C)N1CC=C[C@]23S[C@H]4C=CCN(C)C(=O)[C@H]4[C@H]2C(=O)N(CCCCO)C3C1=O. The van der Waals surface area contributed by atoms with Crippen molar-refractivity contribution < 1.29 is 19.5 Å². The second-order valence-corrected chi connectivity index (χ2v) is 10.4. The van der Waals surface area contributed by atoms with Crippen molar-refractivity contribution in [3.8, 4) is 0 Å². The maximum absolute atomic E-state index is 13.7. The van der Waals surface area contributed by atoms with Crippen molar-refractivity contribution >= 4 is 29.5 Å². The van der Waals surface area contributed by atoms with Crippen LogP contribution in [0.2, 0.25) is 0 Å². The number of fused-ring (bicyclic) bond motifs is 2. The van der Waals surface area contributed by atoms with Crippen molar-refractivity contribution in [2.24, 2.45) is 11.8 Å². The van der Waals surface area contributed by atoms with Gasteiger partial charge < -0.3 is 19.8 Å². The van der Waals surface area contributed by atoms with Gasteiger partial charge in [0, 0.05) is 44.6 Å². The van der Waals surface area contributed by atoms with Crippen LogP contribution in [-0.4, -0.2) is 92.9 Å². The Kier molecular flexibility index (Phi) is 5.74. The Labute approximate surface area is 182 Å². The minimum Gasteiger partial charge on any atom is -0.396 e. The molecule has 0 aliphatic carbocycles. The van der Waals surface area contributed by atoms with Crippen LogP contribution in [0, 0.1) is 11.8 Å². The first-order chi connectivity index (χ1) is 14.3. The normalized spacial score (nSPS) is 35.6. The minimum atomic E-state index is -0.732. The van der Waals surface area contributed by atoms with Gasteiger partial charge in [0.05, 0.1) is 16.6 Å². The van der Waals surface area contributed by atoms with E-state index in [0.717, 1.165) is 0 Å². The first-order valence-electron chi connectivity index (χ1n) is 10.8. The monoisotopic (exact) mass is 433 g/mol. The third-order valence-corrected chi connectivity index (χ3v) is 8.57. The number of thioether (sulfide) groups is 1. The molecule has 5 atom stereocenters. The van der Waals surface area contributed by atoms with Gasteiger partial charge in [-0.1, -0.05) is 24.3 Å². The molecule has 4 heterocycles. The topological polar surface area (TPSA) is 81.2 Å². The Hall–Kier alpha value is -1.80. The number of nitrogens with zero attached hydrogens (tertiary/aromatic N) is 3. The Bertz CT molecular complexity index is 797. The van der Waals surface area contributed by atoms with Crippen molar-refractivity contribution in [2.75, 3.05) is 33.3 Å². The molecule has 1 spiro atoms. The van der Waals surface area contributed by atoms with E-state index in [1.807, 2.05) is 43.1 Å². The van der Waals surface area contributed by atoms with E-state index in [2.05, 4.69) is 0 Å². The molecule has 0 aromatic rings. The van der Waals surface area contributed by atoms with E-state index in [1.165, 1.54) is 0 Å². The van der Waals surface area contributed by atoms with Gasteiger partial charge in [-0.2, -0.15) is 0 Å². The number of carbonyl (C=O) groups excluding carboxylic acids is 3. The van der Waals surface area contributed by atoms with Crippen LogP contribution in [0.25, 0.3) is 0 Å². The van der Waals surface area contributed by atoms with Gasteiger partial charge in [0.25, 0.3) is 0 Å². The molecule has 1 unspecified atom stereocenters. The fourth-order valence-corrected chi connectivity index (χ4v) is 7.39. The molecule has 164 valence electrons. The molecule has 4 rings (SSSR count). The highest BCUT2D eigenvalue weighted by atomic mass is 32.2. The molecule has 4 aliphatic heterocycles. The Morgan fingerprint density at radius 1 is 1.13 bits per heavy atom. The van der Waals surface area contributed by atoms with Gasteiger partial charge in [0.15, 0.2) is 0 Å². The third kappa shape index (κ3) is 3.11. The summed E-state index contributed by atoms with van der Waals surface area (Å²) >= 11 is 1.61. The smallest absolute Gasteiger partial charge is 0.247 e. The summed E-state index contributed by atoms with van der Waals surface area (Å²) in [4.78, 5) is 45.9. The van der Waals surface area contributed by atoms with Crippen molar-refractivity contribution in [1.29, 1.82) is 0 Å². The number of hydrogen-bond acceptors (Lipinski definition) is 5. The summed E-state index contributed by atoms with van der Waals surface area (Å²) in [6.07, 6.45) is 9.31. The van der Waals surface area contributed by atoms with Crippen LogP contribution < -0.4 is 0 Å². The molecular weight excluding hydrogens is 402 g/mol. The highest BCUT2D eigenvalue weighted by Gasteiger charge is 2.70. The molecule has 2 fully saturated rings. The minimum absolute atomic E-state index is 0.0190. The first kappa shape index (κ1) is 21.4. The Balaban J connectivity index is 1.80. The van der Waals surface area contributed by atoms with E-state index in [4.69, 9.17) is 0 Å². The van der Waals surface area contributed by atoms with Crippen LogP contribution in [0.1, 0.15) is 26.7 Å². The van der Waals surface area contributed by atoms with Gasteiger partial charge in [-0.05, 0) is 26.7 Å². The molecule has 0 aromatic carbocycles. The number of amides is 3. The van der Waals surface area contributed by atoms with Crippen molar-refractivity contribution in [3.63, 3.8) is 0 Å². The molecule has 1 N–H and O–H groups in total. The molecule has 4 aliphatic rings. The number of likely N-dealkylation sites (tertiary alicyclic amines) is 1. The summed E-state index contributed by atoms with van der Waals surface area (Å²) in [7, 11) is 1.77. The number of rotatable bonds is 5. The van der Waals surface area contributed by atoms with Gasteiger partial charge in [-0.25, -0.2) is 0 Å². The number of likely N-dealkylation sites (N-methyl/N-ethyl adjacent to an activating group) is 1. The summed E-state index contributed by atoms with van der Waals surface area (Å²) in [5.74, 6) is -1.16. The average Bonchev–Trinajstić information content (AvgIpc) is 3.01. The molecule has 0 radical (unpaired) electrons. The van der Waals surface area contributed by atoms with Gasteiger partial charge in [-0.3, -0.25) is 14.4 Å². The predicted octanol–water partition coefficient (Wildman–Crippen LogP) is 0.891. The zero-order chi connectivity index (χ0) is 21.6. The van der Waals surface area contributed by atoms with Crippen LogP contribution >= 0.6 is 11.8 Å². The third-order valence-electron chi connectivity index (χ3n) is 6.82. The van der Waals surface area contributed by atoms with Gasteiger partial charge in [0.1, 0.15) is 6.04 Å². The quantitative estimate of drug-likeness (QED) is 0.515. The number of unbranched alkanes of at least 4 members (excludes halogenated alkanes) is 1. The van der Waals surface area contributed by atoms with Crippen LogP contribution in [0.3, 0.4) is 0 Å². The van der Waals surface area contributed by atoms with Crippen molar-refractivity contribution in [1.82, 2.24) is 14.7 Å².